The molecule has 2 rings (SSSR count). The van der Waals surface area contributed by atoms with Crippen LogP contribution in [-0.2, 0) is 0 Å². The Kier molecular flexibility index (Phi) is 2.52. The Labute approximate surface area is 90.1 Å². The molecule has 72 valence electrons. The molecule has 1 amide bonds. The third-order valence-electron chi connectivity index (χ3n) is 1.82. The van der Waals surface area contributed by atoms with Crippen molar-refractivity contribution >= 4 is 39.9 Å². The van der Waals surface area contributed by atoms with Crippen LogP contribution in [0, 0.1) is 5.82 Å². The largest absolute Gasteiger partial charge is 0.291 e. The Hall–Kier alpha value is -0.940. The smallest absolute Gasteiger partial charge is 0.265 e. The summed E-state index contributed by atoms with van der Waals surface area (Å²) in [5, 5.41) is -0.138. The van der Waals surface area contributed by atoms with Crippen LogP contribution in [0.1, 0.15) is 0 Å². The van der Waals surface area contributed by atoms with Crippen molar-refractivity contribution in [2.24, 2.45) is 0 Å². The van der Waals surface area contributed by atoms with Gasteiger partial charge in [0.25, 0.3) is 5.24 Å². The molecular formula is C9H6FNOS2. The van der Waals surface area contributed by atoms with Crippen molar-refractivity contribution < 1.29 is 9.18 Å². The molecule has 0 radical (unpaired) electrons. The first-order valence-corrected chi connectivity index (χ1v) is 5.33. The molecule has 0 saturated carbocycles. The lowest BCUT2D eigenvalue weighted by Gasteiger charge is -2.14. The summed E-state index contributed by atoms with van der Waals surface area (Å²) in [5.74, 6) is 0.139. The molecule has 14 heavy (non-hydrogen) atoms. The van der Waals surface area contributed by atoms with E-state index in [1.54, 1.807) is 12.1 Å². The Balaban J connectivity index is 2.39. The number of halogens is 1. The molecule has 1 heterocycles. The minimum Gasteiger partial charge on any atom is -0.265 e. The van der Waals surface area contributed by atoms with E-state index in [-0.39, 0.29) is 11.1 Å². The van der Waals surface area contributed by atoms with E-state index in [0.717, 1.165) is 11.8 Å². The zero-order valence-electron chi connectivity index (χ0n) is 7.07. The van der Waals surface area contributed by atoms with Crippen molar-refractivity contribution in [3.05, 3.63) is 30.1 Å². The highest BCUT2D eigenvalue weighted by atomic mass is 32.2. The number of carbonyl (C=O) groups is 1. The van der Waals surface area contributed by atoms with Crippen LogP contribution in [0.15, 0.2) is 24.3 Å². The third-order valence-corrected chi connectivity index (χ3v) is 3.17. The summed E-state index contributed by atoms with van der Waals surface area (Å²) >= 11 is 6.14. The molecule has 0 bridgehead atoms. The second-order valence-corrected chi connectivity index (χ2v) is 4.16. The van der Waals surface area contributed by atoms with E-state index in [0.29, 0.717) is 16.4 Å². The van der Waals surface area contributed by atoms with Crippen molar-refractivity contribution in [2.75, 3.05) is 10.7 Å². The van der Waals surface area contributed by atoms with E-state index >= 15 is 0 Å². The van der Waals surface area contributed by atoms with E-state index in [4.69, 9.17) is 12.2 Å². The van der Waals surface area contributed by atoms with Crippen LogP contribution < -0.4 is 4.90 Å². The predicted molar refractivity (Wildman–Crippen MR) is 59.3 cm³/mol. The van der Waals surface area contributed by atoms with Gasteiger partial charge in [-0.2, -0.15) is 0 Å². The van der Waals surface area contributed by atoms with Gasteiger partial charge in [-0.25, -0.2) is 4.39 Å². The lowest BCUT2D eigenvalue weighted by atomic mass is 10.3. The van der Waals surface area contributed by atoms with Crippen LogP contribution in [0.25, 0.3) is 0 Å². The third kappa shape index (κ3) is 1.65. The fourth-order valence-electron chi connectivity index (χ4n) is 1.22. The summed E-state index contributed by atoms with van der Waals surface area (Å²) in [4.78, 5) is 13.3. The topological polar surface area (TPSA) is 20.3 Å². The summed E-state index contributed by atoms with van der Waals surface area (Å²) in [5.41, 5.74) is 0.505. The van der Waals surface area contributed by atoms with Crippen LogP contribution in [-0.4, -0.2) is 16.0 Å². The molecule has 1 saturated heterocycles. The van der Waals surface area contributed by atoms with Gasteiger partial charge in [-0.3, -0.25) is 9.69 Å². The first-order valence-electron chi connectivity index (χ1n) is 3.94. The molecule has 1 fully saturated rings. The number of anilines is 1. The van der Waals surface area contributed by atoms with E-state index in [9.17, 15) is 9.18 Å². The maximum absolute atomic E-state index is 12.9. The van der Waals surface area contributed by atoms with Gasteiger partial charge in [0, 0.05) is 0 Å². The fraction of sp³-hybridized carbons (Fsp3) is 0.111. The first-order chi connectivity index (χ1) is 6.68. The van der Waals surface area contributed by atoms with Gasteiger partial charge < -0.3 is 0 Å². The van der Waals surface area contributed by atoms with Gasteiger partial charge in [0.1, 0.15) is 10.8 Å². The second-order valence-electron chi connectivity index (χ2n) is 2.76. The van der Waals surface area contributed by atoms with Gasteiger partial charge in [-0.1, -0.05) is 30.0 Å². The predicted octanol–water partition coefficient (Wildman–Crippen LogP) is 2.83. The van der Waals surface area contributed by atoms with Gasteiger partial charge in [-0.15, -0.1) is 0 Å². The Morgan fingerprint density at radius 1 is 1.50 bits per heavy atom. The quantitative estimate of drug-likeness (QED) is 0.688. The average molecular weight is 227 g/mol. The van der Waals surface area contributed by atoms with E-state index in [2.05, 4.69) is 0 Å². The van der Waals surface area contributed by atoms with Crippen molar-refractivity contribution in [3.63, 3.8) is 0 Å². The number of thioether (sulfide) groups is 1. The van der Waals surface area contributed by atoms with Crippen molar-refractivity contribution in [2.45, 2.75) is 0 Å². The van der Waals surface area contributed by atoms with E-state index < -0.39 is 0 Å². The molecular weight excluding hydrogens is 221 g/mol. The Bertz CT molecular complexity index is 392. The molecule has 0 aliphatic carbocycles. The van der Waals surface area contributed by atoms with Crippen molar-refractivity contribution in [1.82, 2.24) is 0 Å². The van der Waals surface area contributed by atoms with Crippen molar-refractivity contribution in [3.8, 4) is 0 Å². The van der Waals surface area contributed by atoms with E-state index in [1.165, 1.54) is 17.0 Å². The lowest BCUT2D eigenvalue weighted by Crippen LogP contribution is -2.26. The number of nitrogens with zero attached hydrogens (tertiary/aromatic N) is 1. The Morgan fingerprint density at radius 3 is 2.86 bits per heavy atom. The molecule has 5 heteroatoms. The highest BCUT2D eigenvalue weighted by Gasteiger charge is 2.28. The number of hydrogen-bond acceptors (Lipinski definition) is 3. The molecule has 1 aliphatic rings. The highest BCUT2D eigenvalue weighted by molar-refractivity contribution is 8.16. The van der Waals surface area contributed by atoms with Crippen molar-refractivity contribution in [1.29, 1.82) is 0 Å². The second kappa shape index (κ2) is 3.67. The minimum absolute atomic E-state index is 0.138. The van der Waals surface area contributed by atoms with Gasteiger partial charge in [0.2, 0.25) is 0 Å². The summed E-state index contributed by atoms with van der Waals surface area (Å²) < 4.78 is 12.9. The number of amides is 1. The summed E-state index contributed by atoms with van der Waals surface area (Å²) in [6.45, 7) is 0. The maximum Gasteiger partial charge on any atom is 0.291 e. The number of thiocarbonyl (C=S) groups is 1. The molecule has 0 spiro atoms. The minimum atomic E-state index is -0.366. The maximum atomic E-state index is 12.9. The number of rotatable bonds is 1. The summed E-state index contributed by atoms with van der Waals surface area (Å²) in [6.07, 6.45) is 0. The van der Waals surface area contributed by atoms with Gasteiger partial charge in [0.15, 0.2) is 0 Å². The van der Waals surface area contributed by atoms with Crippen LogP contribution in [0.2, 0.25) is 0 Å². The molecule has 0 unspecified atom stereocenters. The van der Waals surface area contributed by atoms with Crippen LogP contribution in [0.4, 0.5) is 14.9 Å². The molecule has 0 N–H and O–H groups in total. The number of hydrogen-bond donors (Lipinski definition) is 0. The molecule has 1 aliphatic heterocycles. The zero-order chi connectivity index (χ0) is 10.1. The lowest BCUT2D eigenvalue weighted by molar-refractivity contribution is 0.268. The Morgan fingerprint density at radius 2 is 2.29 bits per heavy atom. The highest BCUT2D eigenvalue weighted by Crippen LogP contribution is 2.27. The zero-order valence-corrected chi connectivity index (χ0v) is 8.70. The van der Waals surface area contributed by atoms with Gasteiger partial charge >= 0.3 is 0 Å². The fourth-order valence-corrected chi connectivity index (χ4v) is 2.36. The number of benzene rings is 1. The standard InChI is InChI=1S/C9H6FNOS2/c10-6-2-1-3-7(4-6)11-8(13)5-14-9(11)12/h1-4H,5H2. The SMILES string of the molecule is O=C1SCC(=S)N1c1cccc(F)c1. The summed E-state index contributed by atoms with van der Waals surface area (Å²) in [7, 11) is 0. The van der Waals surface area contributed by atoms with E-state index in [1.807, 2.05) is 0 Å². The monoisotopic (exact) mass is 227 g/mol. The van der Waals surface area contributed by atoms with Gasteiger partial charge in [0.05, 0.1) is 11.4 Å². The normalized spacial score (nSPS) is 16.5. The number of carbonyl (C=O) groups excluding carboxylic acids is 1. The first kappa shape index (κ1) is 9.61. The van der Waals surface area contributed by atoms with Gasteiger partial charge in [-0.05, 0) is 18.2 Å². The molecule has 1 aromatic carbocycles. The molecule has 0 atom stereocenters. The molecule has 1 aromatic rings. The summed E-state index contributed by atoms with van der Waals surface area (Å²) in [6, 6.07) is 5.86. The van der Waals surface area contributed by atoms with Crippen LogP contribution in [0.3, 0.4) is 0 Å². The average Bonchev–Trinajstić information content (AvgIpc) is 2.46. The molecule has 2 nitrogen and oxygen atoms in total. The van der Waals surface area contributed by atoms with Crippen LogP contribution >= 0.6 is 24.0 Å². The molecule has 0 aromatic heterocycles. The van der Waals surface area contributed by atoms with Crippen LogP contribution in [0.5, 0.6) is 0 Å².